The van der Waals surface area contributed by atoms with E-state index in [0.29, 0.717) is 5.89 Å². The molecule has 0 fully saturated rings. The van der Waals surface area contributed by atoms with E-state index in [1.165, 1.54) is 19.0 Å². The molecule has 0 aliphatic rings. The Balaban J connectivity index is 1.93. The Morgan fingerprint density at radius 2 is 1.32 bits per heavy atom. The Hall–Kier alpha value is -2.69. The minimum absolute atomic E-state index is 0.561. The molecule has 0 unspecified atom stereocenters. The van der Waals surface area contributed by atoms with Crippen LogP contribution in [0.4, 0.5) is 0 Å². The van der Waals surface area contributed by atoms with E-state index in [1.807, 2.05) is 84.9 Å². The van der Waals surface area contributed by atoms with Crippen LogP contribution in [0.15, 0.2) is 89.3 Å². The third-order valence-corrected chi connectivity index (χ3v) is 4.49. The van der Waals surface area contributed by atoms with Crippen molar-refractivity contribution >= 4 is 19.0 Å². The first-order valence-corrected chi connectivity index (χ1v) is 8.93. The molecule has 0 amide bonds. The van der Waals surface area contributed by atoms with Gasteiger partial charge >= 0.3 is 157 Å². The van der Waals surface area contributed by atoms with Crippen molar-refractivity contribution in [1.82, 2.24) is 4.98 Å². The molecule has 0 saturated heterocycles. The number of para-hydroxylation sites is 1. The Labute approximate surface area is 156 Å². The third-order valence-electron chi connectivity index (χ3n) is 3.95. The predicted octanol–water partition coefficient (Wildman–Crippen LogP) is 5.14. The zero-order valence-electron chi connectivity index (χ0n) is 13.4. The topological polar surface area (TPSA) is 35.3 Å². The van der Waals surface area contributed by atoms with Crippen LogP contribution in [-0.2, 0) is 0 Å². The second-order valence-electron chi connectivity index (χ2n) is 5.54. The van der Waals surface area contributed by atoms with Gasteiger partial charge in [-0.2, -0.15) is 0 Å². The van der Waals surface area contributed by atoms with E-state index in [2.05, 4.69) is 0 Å². The average Bonchev–Trinajstić information content (AvgIpc) is 3.14. The fraction of sp³-hybridized carbons (Fsp3) is 0. The summed E-state index contributed by atoms with van der Waals surface area (Å²) in [7, 11) is 0. The first kappa shape index (κ1) is 15.8. The van der Waals surface area contributed by atoms with Gasteiger partial charge in [-0.15, -0.1) is 0 Å². The van der Waals surface area contributed by atoms with E-state index in [4.69, 9.17) is 12.9 Å². The summed E-state index contributed by atoms with van der Waals surface area (Å²) in [5, 5.41) is 0. The Morgan fingerprint density at radius 3 is 2.00 bits per heavy atom. The Bertz CT molecular complexity index is 924. The van der Waals surface area contributed by atoms with E-state index in [-0.39, 0.29) is 0 Å². The first-order valence-electron chi connectivity index (χ1n) is 7.94. The molecular weight excluding hydrogens is 368 g/mol. The van der Waals surface area contributed by atoms with Crippen molar-refractivity contribution in [3.63, 3.8) is 0 Å². The van der Waals surface area contributed by atoms with E-state index in [0.717, 1.165) is 33.9 Å². The van der Waals surface area contributed by atoms with Crippen molar-refractivity contribution in [1.29, 1.82) is 0 Å². The normalized spacial score (nSPS) is 10.6. The van der Waals surface area contributed by atoms with Crippen LogP contribution in [0.1, 0.15) is 0 Å². The number of hydrogen-bond acceptors (Lipinski definition) is 3. The van der Waals surface area contributed by atoms with Crippen molar-refractivity contribution in [2.45, 2.75) is 0 Å². The van der Waals surface area contributed by atoms with Crippen LogP contribution in [0.2, 0.25) is 0 Å². The van der Waals surface area contributed by atoms with Gasteiger partial charge in [-0.3, -0.25) is 0 Å². The van der Waals surface area contributed by atoms with Crippen LogP contribution in [-0.4, -0.2) is 23.9 Å². The molecule has 0 aliphatic heterocycles. The molecule has 0 spiro atoms. The zero-order valence-corrected chi connectivity index (χ0v) is 15.8. The zero-order chi connectivity index (χ0) is 17.1. The van der Waals surface area contributed by atoms with Crippen LogP contribution in [0, 0.1) is 0 Å². The van der Waals surface area contributed by atoms with Crippen molar-refractivity contribution in [2.24, 2.45) is 0 Å². The molecule has 0 aliphatic carbocycles. The van der Waals surface area contributed by atoms with Crippen LogP contribution in [0.3, 0.4) is 0 Å². The van der Waals surface area contributed by atoms with E-state index < -0.39 is 0 Å². The summed E-state index contributed by atoms with van der Waals surface area (Å²) in [4.78, 5) is 4.80. The molecule has 2 radical (unpaired) electrons. The van der Waals surface area contributed by atoms with Crippen LogP contribution >= 0.6 is 0 Å². The van der Waals surface area contributed by atoms with Gasteiger partial charge in [0.25, 0.3) is 0 Å². The molecule has 3 aromatic carbocycles. The molecule has 1 aromatic heterocycles. The van der Waals surface area contributed by atoms with Crippen LogP contribution in [0.25, 0.3) is 34.0 Å². The van der Waals surface area contributed by atoms with E-state index in [9.17, 15) is 0 Å². The van der Waals surface area contributed by atoms with Gasteiger partial charge in [0.2, 0.25) is 0 Å². The van der Waals surface area contributed by atoms with E-state index in [1.54, 1.807) is 0 Å². The number of aromatic nitrogens is 1. The predicted molar refractivity (Wildman–Crippen MR) is 99.2 cm³/mol. The maximum atomic E-state index is 6.20. The first-order chi connectivity index (χ1) is 12.4. The van der Waals surface area contributed by atoms with Gasteiger partial charge in [0.1, 0.15) is 0 Å². The van der Waals surface area contributed by atoms with Gasteiger partial charge in [0, 0.05) is 0 Å². The second kappa shape index (κ2) is 7.05. The molecule has 4 aromatic rings. The molecule has 0 saturated carbocycles. The van der Waals surface area contributed by atoms with Crippen LogP contribution < -0.4 is 3.53 Å². The summed E-state index contributed by atoms with van der Waals surface area (Å²) in [6.45, 7) is 0. The second-order valence-corrected chi connectivity index (χ2v) is 6.04. The SMILES string of the molecule is [Ga][O]c1ccccc1-c1nc(-c2ccccc2)c(-c2ccccc2)o1. The van der Waals surface area contributed by atoms with Crippen molar-refractivity contribution in [3.05, 3.63) is 84.9 Å². The van der Waals surface area contributed by atoms with E-state index >= 15 is 0 Å². The molecule has 3 nitrogen and oxygen atoms in total. The summed E-state index contributed by atoms with van der Waals surface area (Å²) >= 11 is 1.18. The maximum absolute atomic E-state index is 6.20. The fourth-order valence-electron chi connectivity index (χ4n) is 2.76. The summed E-state index contributed by atoms with van der Waals surface area (Å²) in [6, 6.07) is 27.9. The molecule has 0 bridgehead atoms. The number of benzene rings is 3. The molecule has 118 valence electrons. The minimum atomic E-state index is 0.561. The summed E-state index contributed by atoms with van der Waals surface area (Å²) in [5.74, 6) is 2.09. The van der Waals surface area contributed by atoms with Crippen molar-refractivity contribution in [2.75, 3.05) is 0 Å². The van der Waals surface area contributed by atoms with Crippen LogP contribution in [0.5, 0.6) is 5.75 Å². The number of oxazole rings is 1. The van der Waals surface area contributed by atoms with Gasteiger partial charge in [0.05, 0.1) is 0 Å². The number of rotatable bonds is 4. The van der Waals surface area contributed by atoms with Gasteiger partial charge in [0.15, 0.2) is 0 Å². The standard InChI is InChI=1S/C21H15NO2.Ga/c23-18-14-8-7-13-17(18)21-22-19(15-9-3-1-4-10-15)20(24-21)16-11-5-2-6-12-16;/h1-14,23H;/q;+1/p-1. The molecule has 1 heterocycles. The molecule has 4 rings (SSSR count). The molecule has 4 heteroatoms. The summed E-state index contributed by atoms with van der Waals surface area (Å²) < 4.78 is 11.7. The molecule has 25 heavy (non-hydrogen) atoms. The quantitative estimate of drug-likeness (QED) is 0.459. The molecule has 0 atom stereocenters. The van der Waals surface area contributed by atoms with Gasteiger partial charge in [-0.25, -0.2) is 0 Å². The number of hydrogen-bond donors (Lipinski definition) is 0. The van der Waals surface area contributed by atoms with Gasteiger partial charge in [-0.1, -0.05) is 0 Å². The summed E-state index contributed by atoms with van der Waals surface area (Å²) in [6.07, 6.45) is 0. The molecule has 0 N–H and O–H groups in total. The Morgan fingerprint density at radius 1 is 0.720 bits per heavy atom. The summed E-state index contributed by atoms with van der Waals surface area (Å²) in [5.41, 5.74) is 3.71. The Kier molecular flexibility index (Phi) is 4.46. The fourth-order valence-corrected chi connectivity index (χ4v) is 3.19. The average molecular weight is 382 g/mol. The van der Waals surface area contributed by atoms with Crippen molar-refractivity contribution < 1.29 is 7.95 Å². The monoisotopic (exact) mass is 381 g/mol. The molecular formula is C21H14GaNO2. The van der Waals surface area contributed by atoms with Crippen molar-refractivity contribution in [3.8, 4) is 39.8 Å². The van der Waals surface area contributed by atoms with Gasteiger partial charge < -0.3 is 0 Å². The number of nitrogens with zero attached hydrogens (tertiary/aromatic N) is 1. The third kappa shape index (κ3) is 3.14. The van der Waals surface area contributed by atoms with Gasteiger partial charge in [-0.05, 0) is 0 Å².